The second-order valence-corrected chi connectivity index (χ2v) is 2.06. The third-order valence-electron chi connectivity index (χ3n) is 1.25. The molecular formula is C6H10ClNO2. The Balaban J connectivity index is 0.000000810. The number of aliphatic carboxylic acids is 1. The molecule has 1 aliphatic heterocycles. The van der Waals surface area contributed by atoms with Gasteiger partial charge in [0.15, 0.2) is 0 Å². The molecule has 1 rings (SSSR count). The Hall–Kier alpha value is -0.540. The zero-order valence-corrected chi connectivity index (χ0v) is 6.30. The highest BCUT2D eigenvalue weighted by atomic mass is 35.5. The van der Waals surface area contributed by atoms with Gasteiger partial charge >= 0.3 is 5.97 Å². The van der Waals surface area contributed by atoms with Crippen molar-refractivity contribution in [1.82, 2.24) is 4.90 Å². The van der Waals surface area contributed by atoms with E-state index in [2.05, 4.69) is 0 Å². The van der Waals surface area contributed by atoms with Gasteiger partial charge in [-0.3, -0.25) is 9.69 Å². The summed E-state index contributed by atoms with van der Waals surface area (Å²) < 4.78 is 0. The summed E-state index contributed by atoms with van der Waals surface area (Å²) in [6, 6.07) is 0. The maximum Gasteiger partial charge on any atom is 0.317 e. The smallest absolute Gasteiger partial charge is 0.317 e. The van der Waals surface area contributed by atoms with Gasteiger partial charge in [-0.15, -0.1) is 12.4 Å². The van der Waals surface area contributed by atoms with Crippen molar-refractivity contribution in [2.45, 2.75) is 0 Å². The van der Waals surface area contributed by atoms with Crippen molar-refractivity contribution in [2.75, 3.05) is 19.6 Å². The normalized spacial score (nSPS) is 16.8. The lowest BCUT2D eigenvalue weighted by Gasteiger charge is -2.09. The molecular weight excluding hydrogens is 154 g/mol. The van der Waals surface area contributed by atoms with Gasteiger partial charge in [-0.25, -0.2) is 0 Å². The van der Waals surface area contributed by atoms with Gasteiger partial charge in [0.25, 0.3) is 0 Å². The highest BCUT2D eigenvalue weighted by molar-refractivity contribution is 5.85. The summed E-state index contributed by atoms with van der Waals surface area (Å²) in [6.45, 7) is 1.73. The third kappa shape index (κ3) is 2.85. The molecule has 0 saturated heterocycles. The van der Waals surface area contributed by atoms with Crippen LogP contribution in [0.4, 0.5) is 0 Å². The Morgan fingerprint density at radius 1 is 1.50 bits per heavy atom. The summed E-state index contributed by atoms with van der Waals surface area (Å²) >= 11 is 0. The molecule has 4 heteroatoms. The van der Waals surface area contributed by atoms with Crippen LogP contribution in [0.15, 0.2) is 12.2 Å². The summed E-state index contributed by atoms with van der Waals surface area (Å²) in [5.74, 6) is -0.751. The van der Waals surface area contributed by atoms with E-state index in [4.69, 9.17) is 5.11 Å². The minimum atomic E-state index is -0.751. The molecule has 1 aliphatic rings. The zero-order valence-electron chi connectivity index (χ0n) is 5.49. The van der Waals surface area contributed by atoms with Gasteiger partial charge < -0.3 is 5.11 Å². The van der Waals surface area contributed by atoms with Gasteiger partial charge in [0.2, 0.25) is 0 Å². The number of nitrogens with zero attached hydrogens (tertiary/aromatic N) is 1. The molecule has 3 nitrogen and oxygen atoms in total. The highest BCUT2D eigenvalue weighted by Gasteiger charge is 2.08. The number of carboxylic acid groups (broad SMARTS) is 1. The fourth-order valence-corrected chi connectivity index (χ4v) is 0.842. The van der Waals surface area contributed by atoms with E-state index in [-0.39, 0.29) is 19.0 Å². The maximum atomic E-state index is 10.1. The van der Waals surface area contributed by atoms with E-state index >= 15 is 0 Å². The molecule has 0 saturated carbocycles. The van der Waals surface area contributed by atoms with Crippen LogP contribution in [-0.2, 0) is 4.79 Å². The highest BCUT2D eigenvalue weighted by Crippen LogP contribution is 1.96. The summed E-state index contributed by atoms with van der Waals surface area (Å²) in [7, 11) is 0. The van der Waals surface area contributed by atoms with Crippen molar-refractivity contribution in [1.29, 1.82) is 0 Å². The molecule has 10 heavy (non-hydrogen) atoms. The average molecular weight is 164 g/mol. The fourth-order valence-electron chi connectivity index (χ4n) is 0.842. The van der Waals surface area contributed by atoms with E-state index in [9.17, 15) is 4.79 Å². The van der Waals surface area contributed by atoms with Crippen LogP contribution in [0, 0.1) is 0 Å². The van der Waals surface area contributed by atoms with E-state index in [1.54, 1.807) is 0 Å². The molecule has 0 fully saturated rings. The third-order valence-corrected chi connectivity index (χ3v) is 1.25. The number of rotatable bonds is 2. The molecule has 0 radical (unpaired) electrons. The van der Waals surface area contributed by atoms with E-state index in [0.29, 0.717) is 0 Å². The molecule has 0 aromatic carbocycles. The van der Waals surface area contributed by atoms with Crippen LogP contribution in [0.3, 0.4) is 0 Å². The molecule has 0 bridgehead atoms. The predicted octanol–water partition coefficient (Wildman–Crippen LogP) is 0.365. The molecule has 0 aromatic heterocycles. The number of halogens is 1. The van der Waals surface area contributed by atoms with E-state index in [1.807, 2.05) is 17.1 Å². The quantitative estimate of drug-likeness (QED) is 0.598. The first kappa shape index (κ1) is 9.46. The van der Waals surface area contributed by atoms with Gasteiger partial charge in [-0.2, -0.15) is 0 Å². The lowest BCUT2D eigenvalue weighted by atomic mass is 10.5. The van der Waals surface area contributed by atoms with Crippen molar-refractivity contribution in [3.05, 3.63) is 12.2 Å². The van der Waals surface area contributed by atoms with Crippen molar-refractivity contribution in [3.8, 4) is 0 Å². The standard InChI is InChI=1S/C6H9NO2.ClH/c8-6(9)5-7-3-1-2-4-7;/h1-2H,3-5H2,(H,8,9);1H. The van der Waals surface area contributed by atoms with Crippen LogP contribution < -0.4 is 0 Å². The Bertz CT molecular complexity index is 139. The first-order chi connectivity index (χ1) is 4.29. The monoisotopic (exact) mass is 163 g/mol. The van der Waals surface area contributed by atoms with Gasteiger partial charge in [-0.05, 0) is 0 Å². The van der Waals surface area contributed by atoms with Crippen LogP contribution in [0.25, 0.3) is 0 Å². The summed E-state index contributed by atoms with van der Waals surface area (Å²) in [5, 5.41) is 8.30. The first-order valence-electron chi connectivity index (χ1n) is 2.88. The summed E-state index contributed by atoms with van der Waals surface area (Å²) in [4.78, 5) is 11.9. The van der Waals surface area contributed by atoms with Crippen LogP contribution in [0.2, 0.25) is 0 Å². The van der Waals surface area contributed by atoms with Crippen molar-refractivity contribution >= 4 is 18.4 Å². The topological polar surface area (TPSA) is 40.5 Å². The van der Waals surface area contributed by atoms with Gasteiger partial charge in [0, 0.05) is 13.1 Å². The van der Waals surface area contributed by atoms with Gasteiger partial charge in [-0.1, -0.05) is 12.2 Å². The molecule has 1 heterocycles. The van der Waals surface area contributed by atoms with Crippen molar-refractivity contribution in [2.24, 2.45) is 0 Å². The second kappa shape index (κ2) is 4.30. The van der Waals surface area contributed by atoms with Crippen LogP contribution in [0.5, 0.6) is 0 Å². The Labute approximate surface area is 65.7 Å². The number of carboxylic acids is 1. The second-order valence-electron chi connectivity index (χ2n) is 2.06. The molecule has 0 unspecified atom stereocenters. The minimum Gasteiger partial charge on any atom is -0.480 e. The van der Waals surface area contributed by atoms with E-state index < -0.39 is 5.97 Å². The molecule has 0 atom stereocenters. The number of carbonyl (C=O) groups is 1. The average Bonchev–Trinajstić information content (AvgIpc) is 2.15. The lowest BCUT2D eigenvalue weighted by molar-refractivity contribution is -0.137. The molecule has 0 spiro atoms. The first-order valence-corrected chi connectivity index (χ1v) is 2.88. The lowest BCUT2D eigenvalue weighted by Crippen LogP contribution is -2.26. The number of hydrogen-bond donors (Lipinski definition) is 1. The van der Waals surface area contributed by atoms with Crippen LogP contribution in [-0.4, -0.2) is 35.6 Å². The maximum absolute atomic E-state index is 10.1. The predicted molar refractivity (Wildman–Crippen MR) is 40.5 cm³/mol. The fraction of sp³-hybridized carbons (Fsp3) is 0.500. The van der Waals surface area contributed by atoms with Crippen molar-refractivity contribution in [3.63, 3.8) is 0 Å². The van der Waals surface area contributed by atoms with Gasteiger partial charge in [0.05, 0.1) is 6.54 Å². The summed E-state index contributed by atoms with van der Waals surface area (Å²) in [6.07, 6.45) is 3.95. The summed E-state index contributed by atoms with van der Waals surface area (Å²) in [5.41, 5.74) is 0. The van der Waals surface area contributed by atoms with Crippen LogP contribution >= 0.6 is 12.4 Å². The molecule has 1 N–H and O–H groups in total. The Morgan fingerprint density at radius 3 is 2.40 bits per heavy atom. The SMILES string of the molecule is Cl.O=C(O)CN1CC=CC1. The molecule has 0 amide bonds. The van der Waals surface area contributed by atoms with Crippen molar-refractivity contribution < 1.29 is 9.90 Å². The molecule has 0 aliphatic carbocycles. The Kier molecular flexibility index (Phi) is 4.07. The minimum absolute atomic E-state index is 0. The Morgan fingerprint density at radius 2 is 2.00 bits per heavy atom. The number of hydrogen-bond acceptors (Lipinski definition) is 2. The van der Waals surface area contributed by atoms with Crippen LogP contribution in [0.1, 0.15) is 0 Å². The van der Waals surface area contributed by atoms with Gasteiger partial charge in [0.1, 0.15) is 0 Å². The molecule has 58 valence electrons. The van der Waals surface area contributed by atoms with E-state index in [0.717, 1.165) is 13.1 Å². The largest absolute Gasteiger partial charge is 0.480 e. The zero-order chi connectivity index (χ0) is 6.69. The van der Waals surface area contributed by atoms with E-state index in [1.165, 1.54) is 0 Å². The molecule has 0 aromatic rings.